The molecule has 49 heavy (non-hydrogen) atoms. The van der Waals surface area contributed by atoms with Gasteiger partial charge in [-0.25, -0.2) is 14.8 Å². The molecule has 0 radical (unpaired) electrons. The number of nitrogens with zero attached hydrogens (tertiary/aromatic N) is 8. The number of hydrogen-bond acceptors (Lipinski definition) is 12. The van der Waals surface area contributed by atoms with Crippen LogP contribution in [0.15, 0.2) is 42.6 Å². The Bertz CT molecular complexity index is 1710. The maximum absolute atomic E-state index is 12.5. The van der Waals surface area contributed by atoms with Gasteiger partial charge in [-0.3, -0.25) is 4.90 Å². The lowest BCUT2D eigenvalue weighted by atomic mass is 9.72. The first kappa shape index (κ1) is 32.9. The Morgan fingerprint density at radius 3 is 2.35 bits per heavy atom. The van der Waals surface area contributed by atoms with Gasteiger partial charge in [0, 0.05) is 69.5 Å². The molecule has 6 heterocycles. The average Bonchev–Trinajstić information content (AvgIpc) is 3.06. The summed E-state index contributed by atoms with van der Waals surface area (Å²) in [5.74, 6) is 1.54. The fraction of sp³-hybridized carbons (Fsp3) is 0.528. The summed E-state index contributed by atoms with van der Waals surface area (Å²) in [7, 11) is 1.64. The van der Waals surface area contributed by atoms with Crippen LogP contribution < -0.4 is 19.9 Å². The van der Waals surface area contributed by atoms with Crippen LogP contribution in [0.25, 0.3) is 11.3 Å². The predicted molar refractivity (Wildman–Crippen MR) is 186 cm³/mol. The number of piperidine rings is 1. The maximum Gasteiger partial charge on any atom is 0.410 e. The van der Waals surface area contributed by atoms with Gasteiger partial charge in [0.05, 0.1) is 43.3 Å². The van der Waals surface area contributed by atoms with Crippen molar-refractivity contribution < 1.29 is 19.0 Å². The van der Waals surface area contributed by atoms with Crippen molar-refractivity contribution in [2.45, 2.75) is 45.3 Å². The number of aromatic nitrogens is 3. The number of nitrogens with one attached hydrogen (secondary N) is 1. The number of pyridine rings is 1. The van der Waals surface area contributed by atoms with Gasteiger partial charge in [-0.15, -0.1) is 0 Å². The summed E-state index contributed by atoms with van der Waals surface area (Å²) in [6.45, 7) is 14.2. The fourth-order valence-corrected chi connectivity index (χ4v) is 7.17. The first-order valence-electron chi connectivity index (χ1n) is 17.1. The van der Waals surface area contributed by atoms with E-state index in [2.05, 4.69) is 31.1 Å². The normalized spacial score (nSPS) is 19.5. The van der Waals surface area contributed by atoms with Crippen molar-refractivity contribution in [2.75, 3.05) is 87.8 Å². The van der Waals surface area contributed by atoms with Crippen molar-refractivity contribution in [3.05, 3.63) is 48.2 Å². The van der Waals surface area contributed by atoms with E-state index in [0.29, 0.717) is 34.9 Å². The van der Waals surface area contributed by atoms with E-state index >= 15 is 0 Å². The summed E-state index contributed by atoms with van der Waals surface area (Å²) in [5.41, 5.74) is 3.67. The number of ether oxygens (including phenoxy) is 3. The zero-order chi connectivity index (χ0) is 34.2. The van der Waals surface area contributed by atoms with Crippen LogP contribution in [0.4, 0.5) is 27.9 Å². The minimum absolute atomic E-state index is 0.129. The molecule has 1 N–H and O–H groups in total. The van der Waals surface area contributed by atoms with E-state index in [4.69, 9.17) is 24.2 Å². The zero-order valence-corrected chi connectivity index (χ0v) is 28.8. The minimum atomic E-state index is -0.493. The molecule has 0 bridgehead atoms. The fourth-order valence-electron chi connectivity index (χ4n) is 7.17. The molecule has 4 aliphatic heterocycles. The highest BCUT2D eigenvalue weighted by molar-refractivity contribution is 5.71. The molecule has 4 aliphatic rings. The smallest absolute Gasteiger partial charge is 0.410 e. The summed E-state index contributed by atoms with van der Waals surface area (Å²) >= 11 is 0. The minimum Gasteiger partial charge on any atom is -0.479 e. The standard InChI is InChI=1S/C36H45N9O4/c1-35(2,3)49-34(46)45-23-36(24-45)10-13-43(14-11-36)29-6-5-25(19-26(29)20-37)28-9-12-38-33(39-28)41-31-8-7-30(32(40-31)47-4)44-17-15-42(16-18-44)27-21-48-22-27/h5-9,12,19,27H,10-11,13-18,21-24H2,1-4H3,(H,38,39,40,41). The summed E-state index contributed by atoms with van der Waals surface area (Å²) < 4.78 is 16.6. The van der Waals surface area contributed by atoms with E-state index in [9.17, 15) is 10.1 Å². The average molecular weight is 668 g/mol. The number of rotatable bonds is 7. The SMILES string of the molecule is COc1nc(Nc2nccc(-c3ccc(N4CCC5(CC4)CN(C(=O)OC(C)(C)C)C5)c(C#N)c3)n2)ccc1N1CCN(C2COC2)CC1. The summed E-state index contributed by atoms with van der Waals surface area (Å²) in [6, 6.07) is 14.7. The number of carbonyl (C=O) groups excluding carboxylic acids is 1. The monoisotopic (exact) mass is 667 g/mol. The molecule has 13 nitrogen and oxygen atoms in total. The van der Waals surface area contributed by atoms with Crippen LogP contribution in [0.5, 0.6) is 5.88 Å². The third kappa shape index (κ3) is 7.07. The second-order valence-corrected chi connectivity index (χ2v) is 14.5. The Balaban J connectivity index is 0.978. The highest BCUT2D eigenvalue weighted by Crippen LogP contribution is 2.42. The van der Waals surface area contributed by atoms with Gasteiger partial charge >= 0.3 is 6.09 Å². The molecule has 13 heteroatoms. The van der Waals surface area contributed by atoms with Gasteiger partial charge in [0.15, 0.2) is 0 Å². The third-order valence-electron chi connectivity index (χ3n) is 10.0. The number of nitriles is 1. The quantitative estimate of drug-likeness (QED) is 0.380. The molecule has 1 aromatic carbocycles. The van der Waals surface area contributed by atoms with Gasteiger partial charge in [-0.2, -0.15) is 10.2 Å². The molecule has 0 saturated carbocycles. The maximum atomic E-state index is 12.5. The topological polar surface area (TPSA) is 132 Å². The number of benzene rings is 1. The largest absolute Gasteiger partial charge is 0.479 e. The Hall–Kier alpha value is -4.67. The molecule has 0 aliphatic carbocycles. The van der Waals surface area contributed by atoms with Crippen molar-refractivity contribution >= 4 is 29.2 Å². The van der Waals surface area contributed by atoms with Gasteiger partial charge in [0.25, 0.3) is 0 Å². The lowest BCUT2D eigenvalue weighted by Crippen LogP contribution is -2.62. The molecule has 1 amide bonds. The van der Waals surface area contributed by atoms with Crippen LogP contribution >= 0.6 is 0 Å². The Labute approximate surface area is 287 Å². The zero-order valence-electron chi connectivity index (χ0n) is 28.8. The Morgan fingerprint density at radius 2 is 1.69 bits per heavy atom. The van der Waals surface area contributed by atoms with E-state index in [-0.39, 0.29) is 11.5 Å². The molecule has 1 spiro atoms. The number of amides is 1. The second-order valence-electron chi connectivity index (χ2n) is 14.5. The summed E-state index contributed by atoms with van der Waals surface area (Å²) in [4.78, 5) is 35.2. The molecule has 258 valence electrons. The molecule has 3 aromatic rings. The number of hydrogen-bond donors (Lipinski definition) is 1. The van der Waals surface area contributed by atoms with E-state index in [1.54, 1.807) is 18.2 Å². The van der Waals surface area contributed by atoms with Crippen molar-refractivity contribution in [1.29, 1.82) is 5.26 Å². The molecule has 0 unspecified atom stereocenters. The van der Waals surface area contributed by atoms with E-state index in [0.717, 1.165) is 95.4 Å². The highest BCUT2D eigenvalue weighted by Gasteiger charge is 2.48. The molecule has 4 saturated heterocycles. The molecule has 0 atom stereocenters. The van der Waals surface area contributed by atoms with Crippen LogP contribution in [0.2, 0.25) is 0 Å². The van der Waals surface area contributed by atoms with Crippen LogP contribution in [0.1, 0.15) is 39.2 Å². The number of carbonyl (C=O) groups is 1. The molecular weight excluding hydrogens is 622 g/mol. The summed E-state index contributed by atoms with van der Waals surface area (Å²) in [5, 5.41) is 13.4. The lowest BCUT2D eigenvalue weighted by Gasteiger charge is -2.54. The molecule has 2 aromatic heterocycles. The summed E-state index contributed by atoms with van der Waals surface area (Å²) in [6.07, 6.45) is 3.39. The van der Waals surface area contributed by atoms with Gasteiger partial charge in [0.2, 0.25) is 11.8 Å². The molecule has 4 fully saturated rings. The van der Waals surface area contributed by atoms with Crippen LogP contribution in [-0.4, -0.2) is 115 Å². The molecular formula is C36H45N9O4. The van der Waals surface area contributed by atoms with Crippen molar-refractivity contribution in [3.8, 4) is 23.2 Å². The molecule has 7 rings (SSSR count). The van der Waals surface area contributed by atoms with Crippen LogP contribution in [0.3, 0.4) is 0 Å². The van der Waals surface area contributed by atoms with Crippen molar-refractivity contribution in [3.63, 3.8) is 0 Å². The van der Waals surface area contributed by atoms with Gasteiger partial charge < -0.3 is 34.2 Å². The second kappa shape index (κ2) is 13.3. The predicted octanol–water partition coefficient (Wildman–Crippen LogP) is 4.52. The van der Waals surface area contributed by atoms with Gasteiger partial charge in [-0.05, 0) is 63.9 Å². The first-order valence-corrected chi connectivity index (χ1v) is 17.1. The third-order valence-corrected chi connectivity index (χ3v) is 10.0. The van der Waals surface area contributed by atoms with E-state index < -0.39 is 5.60 Å². The number of piperazine rings is 1. The van der Waals surface area contributed by atoms with Crippen molar-refractivity contribution in [2.24, 2.45) is 5.41 Å². The van der Waals surface area contributed by atoms with Gasteiger partial charge in [-0.1, -0.05) is 6.07 Å². The van der Waals surface area contributed by atoms with Crippen LogP contribution in [0, 0.1) is 16.7 Å². The Kier molecular flexibility index (Phi) is 8.94. The van der Waals surface area contributed by atoms with E-state index in [1.165, 1.54) is 0 Å². The lowest BCUT2D eigenvalue weighted by molar-refractivity contribution is -0.0660. The van der Waals surface area contributed by atoms with Crippen molar-refractivity contribution in [1.82, 2.24) is 24.8 Å². The van der Waals surface area contributed by atoms with Gasteiger partial charge in [0.1, 0.15) is 23.2 Å². The van der Waals surface area contributed by atoms with Crippen LogP contribution in [-0.2, 0) is 9.47 Å². The Morgan fingerprint density at radius 1 is 0.980 bits per heavy atom. The number of anilines is 4. The highest BCUT2D eigenvalue weighted by atomic mass is 16.6. The first-order chi connectivity index (χ1) is 23.6. The van der Waals surface area contributed by atoms with E-state index in [1.807, 2.05) is 57.2 Å². The number of likely N-dealkylation sites (tertiary alicyclic amines) is 1. The number of methoxy groups -OCH3 is 1.